The van der Waals surface area contributed by atoms with Crippen LogP contribution in [0.2, 0.25) is 0 Å². The fourth-order valence-corrected chi connectivity index (χ4v) is 3.13. The van der Waals surface area contributed by atoms with E-state index in [1.165, 1.54) is 56.5 Å². The fourth-order valence-electron chi connectivity index (χ4n) is 2.37. The van der Waals surface area contributed by atoms with Gasteiger partial charge in [0.25, 0.3) is 0 Å². The van der Waals surface area contributed by atoms with E-state index in [2.05, 4.69) is 9.69 Å². The van der Waals surface area contributed by atoms with Gasteiger partial charge >= 0.3 is 0 Å². The van der Waals surface area contributed by atoms with Gasteiger partial charge in [0.15, 0.2) is 16.6 Å². The number of nitrogens with two attached hydrogens (primary N) is 1. The van der Waals surface area contributed by atoms with Gasteiger partial charge in [0.05, 0.1) is 7.11 Å². The van der Waals surface area contributed by atoms with Gasteiger partial charge in [-0.1, -0.05) is 32.1 Å². The average Bonchev–Trinajstić information content (AvgIpc) is 2.63. The molecule has 0 radical (unpaired) electrons. The molecule has 0 unspecified atom stereocenters. The molecule has 0 saturated heterocycles. The highest BCUT2D eigenvalue weighted by atomic mass is 32.1. The Labute approximate surface area is 107 Å². The lowest BCUT2D eigenvalue weighted by molar-refractivity contribution is 0.417. The minimum absolute atomic E-state index is 0.492. The maximum atomic E-state index is 5.75. The molecule has 1 heterocycles. The smallest absolute Gasteiger partial charge is 0.197 e. The number of nitrogens with zero attached hydrogens (tertiary/aromatic N) is 1. The van der Waals surface area contributed by atoms with E-state index < -0.39 is 0 Å². The number of rotatable bonds is 3. The quantitative estimate of drug-likeness (QED) is 0.870. The van der Waals surface area contributed by atoms with Crippen LogP contribution in [0.3, 0.4) is 0 Å². The second-order valence-electron chi connectivity index (χ2n) is 4.62. The summed E-state index contributed by atoms with van der Waals surface area (Å²) in [5.74, 6) is 1.20. The van der Waals surface area contributed by atoms with Crippen molar-refractivity contribution in [3.63, 3.8) is 0 Å². The predicted molar refractivity (Wildman–Crippen MR) is 72.8 cm³/mol. The molecule has 1 saturated carbocycles. The van der Waals surface area contributed by atoms with Crippen molar-refractivity contribution in [3.05, 3.63) is 0 Å². The first kappa shape index (κ1) is 12.5. The number of nitrogens with one attached hydrogen (secondary N) is 1. The number of anilines is 2. The lowest BCUT2D eigenvalue weighted by atomic mass is 9.97. The van der Waals surface area contributed by atoms with Crippen LogP contribution in [0.5, 0.6) is 5.75 Å². The van der Waals surface area contributed by atoms with Crippen LogP contribution in [-0.2, 0) is 0 Å². The summed E-state index contributed by atoms with van der Waals surface area (Å²) < 4.78 is 9.40. The Morgan fingerprint density at radius 1 is 1.24 bits per heavy atom. The van der Waals surface area contributed by atoms with Gasteiger partial charge in [-0.2, -0.15) is 4.37 Å². The van der Waals surface area contributed by atoms with Gasteiger partial charge in [-0.05, 0) is 24.4 Å². The van der Waals surface area contributed by atoms with Gasteiger partial charge in [-0.25, -0.2) is 0 Å². The molecule has 5 heteroatoms. The molecule has 1 aliphatic rings. The van der Waals surface area contributed by atoms with Crippen LogP contribution in [0.15, 0.2) is 0 Å². The second kappa shape index (κ2) is 6.10. The standard InChI is InChI=1S/C12H21N3OS/c1-16-10-11(13)15-17-12(10)14-9-7-5-3-2-4-6-8-9/h9,14H,2-8H2,1H3,(H2,13,15). The van der Waals surface area contributed by atoms with E-state index in [4.69, 9.17) is 10.5 Å². The molecule has 0 amide bonds. The van der Waals surface area contributed by atoms with E-state index in [1.807, 2.05) is 0 Å². The number of hydrogen-bond acceptors (Lipinski definition) is 5. The van der Waals surface area contributed by atoms with Crippen LogP contribution >= 0.6 is 11.5 Å². The summed E-state index contributed by atoms with van der Waals surface area (Å²) in [6.07, 6.45) is 9.22. The molecule has 4 nitrogen and oxygen atoms in total. The van der Waals surface area contributed by atoms with Crippen LogP contribution in [0.1, 0.15) is 44.9 Å². The van der Waals surface area contributed by atoms with E-state index >= 15 is 0 Å². The maximum absolute atomic E-state index is 5.75. The zero-order valence-corrected chi connectivity index (χ0v) is 11.2. The molecule has 3 N–H and O–H groups in total. The highest BCUT2D eigenvalue weighted by Gasteiger charge is 2.17. The van der Waals surface area contributed by atoms with Crippen molar-refractivity contribution in [1.29, 1.82) is 0 Å². The molecule has 0 bridgehead atoms. The second-order valence-corrected chi connectivity index (χ2v) is 5.39. The van der Waals surface area contributed by atoms with Crippen LogP contribution in [0.4, 0.5) is 10.8 Å². The van der Waals surface area contributed by atoms with E-state index in [1.54, 1.807) is 7.11 Å². The van der Waals surface area contributed by atoms with Crippen LogP contribution in [-0.4, -0.2) is 17.5 Å². The van der Waals surface area contributed by atoms with Crippen molar-refractivity contribution < 1.29 is 4.74 Å². The predicted octanol–water partition coefficient (Wildman–Crippen LogP) is 3.26. The molecule has 2 rings (SSSR count). The van der Waals surface area contributed by atoms with Crippen molar-refractivity contribution >= 4 is 22.4 Å². The zero-order valence-electron chi connectivity index (χ0n) is 10.4. The fraction of sp³-hybridized carbons (Fsp3) is 0.750. The minimum Gasteiger partial charge on any atom is -0.490 e. The molecule has 0 spiro atoms. The Bertz CT molecular complexity index is 346. The molecular weight excluding hydrogens is 234 g/mol. The SMILES string of the molecule is COc1c(N)nsc1NC1CCCCCCC1. The van der Waals surface area contributed by atoms with Crippen molar-refractivity contribution in [1.82, 2.24) is 4.37 Å². The third-order valence-corrected chi connectivity index (χ3v) is 4.09. The van der Waals surface area contributed by atoms with Gasteiger partial charge in [-0.3, -0.25) is 0 Å². The molecule has 1 fully saturated rings. The van der Waals surface area contributed by atoms with E-state index in [9.17, 15) is 0 Å². The summed E-state index contributed by atoms with van der Waals surface area (Å²) in [5.41, 5.74) is 5.75. The normalized spacial score (nSPS) is 18.4. The third-order valence-electron chi connectivity index (χ3n) is 3.32. The molecule has 1 aromatic heterocycles. The first-order valence-electron chi connectivity index (χ1n) is 6.37. The summed E-state index contributed by atoms with van der Waals surface area (Å²) >= 11 is 1.40. The van der Waals surface area contributed by atoms with Crippen molar-refractivity contribution in [2.24, 2.45) is 0 Å². The first-order valence-corrected chi connectivity index (χ1v) is 7.14. The summed E-state index contributed by atoms with van der Waals surface area (Å²) in [6.45, 7) is 0. The molecule has 0 aliphatic heterocycles. The van der Waals surface area contributed by atoms with E-state index in [0.717, 1.165) is 5.00 Å². The molecule has 17 heavy (non-hydrogen) atoms. The lowest BCUT2D eigenvalue weighted by Gasteiger charge is -2.21. The molecule has 0 aromatic carbocycles. The molecule has 96 valence electrons. The molecule has 0 atom stereocenters. The van der Waals surface area contributed by atoms with Gasteiger partial charge < -0.3 is 15.8 Å². The Balaban J connectivity index is 1.98. The van der Waals surface area contributed by atoms with E-state index in [-0.39, 0.29) is 0 Å². The summed E-state index contributed by atoms with van der Waals surface area (Å²) in [5, 5.41) is 4.52. The highest BCUT2D eigenvalue weighted by Crippen LogP contribution is 2.36. The summed E-state index contributed by atoms with van der Waals surface area (Å²) in [7, 11) is 1.64. The number of methoxy groups -OCH3 is 1. The Hall–Kier alpha value is -0.970. The van der Waals surface area contributed by atoms with Crippen LogP contribution in [0, 0.1) is 0 Å². The lowest BCUT2D eigenvalue weighted by Crippen LogP contribution is -2.20. The van der Waals surface area contributed by atoms with Crippen molar-refractivity contribution in [2.45, 2.75) is 51.0 Å². The summed E-state index contributed by atoms with van der Waals surface area (Å²) in [4.78, 5) is 0. The topological polar surface area (TPSA) is 60.2 Å². The van der Waals surface area contributed by atoms with Crippen LogP contribution < -0.4 is 15.8 Å². The molecule has 1 aromatic rings. The minimum atomic E-state index is 0.492. The maximum Gasteiger partial charge on any atom is 0.197 e. The first-order chi connectivity index (χ1) is 8.31. The summed E-state index contributed by atoms with van der Waals surface area (Å²) in [6, 6.07) is 0.545. The van der Waals surface area contributed by atoms with Crippen molar-refractivity contribution in [2.75, 3.05) is 18.2 Å². The van der Waals surface area contributed by atoms with Crippen molar-refractivity contribution in [3.8, 4) is 5.75 Å². The number of nitrogen functional groups attached to an aromatic ring is 1. The van der Waals surface area contributed by atoms with Gasteiger partial charge in [0.2, 0.25) is 0 Å². The average molecular weight is 255 g/mol. The Morgan fingerprint density at radius 2 is 1.88 bits per heavy atom. The number of aromatic nitrogens is 1. The molecule has 1 aliphatic carbocycles. The Morgan fingerprint density at radius 3 is 2.53 bits per heavy atom. The van der Waals surface area contributed by atoms with E-state index in [0.29, 0.717) is 17.6 Å². The largest absolute Gasteiger partial charge is 0.490 e. The zero-order chi connectivity index (χ0) is 12.1. The monoisotopic (exact) mass is 255 g/mol. The van der Waals surface area contributed by atoms with Gasteiger partial charge in [0, 0.05) is 6.04 Å². The molecular formula is C12H21N3OS. The van der Waals surface area contributed by atoms with Gasteiger partial charge in [-0.15, -0.1) is 0 Å². The number of ether oxygens (including phenoxy) is 1. The van der Waals surface area contributed by atoms with Gasteiger partial charge in [0.1, 0.15) is 0 Å². The Kier molecular flexibility index (Phi) is 4.48. The number of hydrogen-bond donors (Lipinski definition) is 2. The highest BCUT2D eigenvalue weighted by molar-refractivity contribution is 7.11. The van der Waals surface area contributed by atoms with Crippen LogP contribution in [0.25, 0.3) is 0 Å². The third kappa shape index (κ3) is 3.25.